The van der Waals surface area contributed by atoms with Crippen LogP contribution >= 0.6 is 23.2 Å². The van der Waals surface area contributed by atoms with Gasteiger partial charge in [0.15, 0.2) is 6.04 Å². The minimum Gasteiger partial charge on any atom is -0.480 e. The van der Waals surface area contributed by atoms with Crippen LogP contribution in [0.5, 0.6) is 0 Å². The summed E-state index contributed by atoms with van der Waals surface area (Å²) < 4.78 is 0. The molecule has 0 heterocycles. The van der Waals surface area contributed by atoms with E-state index in [1.165, 1.54) is 12.1 Å². The molecule has 6 aromatic carbocycles. The number of nitrogens with two attached hydrogens (primary N) is 1. The largest absolute Gasteiger partial charge is 0.480 e. The topological polar surface area (TPSA) is 224 Å². The van der Waals surface area contributed by atoms with Crippen molar-refractivity contribution >= 4 is 69.6 Å². The zero-order chi connectivity index (χ0) is 47.5. The second kappa shape index (κ2) is 24.8. The highest BCUT2D eigenvalue weighted by Crippen LogP contribution is 2.35. The van der Waals surface area contributed by atoms with E-state index in [1.807, 2.05) is 11.5 Å². The molecule has 4 atom stereocenters. The lowest BCUT2D eigenvalue weighted by molar-refractivity contribution is -0.140. The number of benzene rings is 6. The average Bonchev–Trinajstić information content (AvgIpc) is 3.34. The van der Waals surface area contributed by atoms with Crippen LogP contribution in [0.2, 0.25) is 10.0 Å². The van der Waals surface area contributed by atoms with Gasteiger partial charge in [-0.2, -0.15) is 0 Å². The van der Waals surface area contributed by atoms with Gasteiger partial charge in [-0.3, -0.25) is 30.7 Å². The smallest absolute Gasteiger partial charge is 0.329 e. The highest BCUT2D eigenvalue weighted by atomic mass is 35.5. The van der Waals surface area contributed by atoms with Gasteiger partial charge in [-0.15, -0.1) is 0 Å². The number of nitrogens with zero attached hydrogens (tertiary/aromatic N) is 2. The van der Waals surface area contributed by atoms with E-state index in [4.69, 9.17) is 42.2 Å². The van der Waals surface area contributed by atoms with Gasteiger partial charge in [0.05, 0.1) is 23.2 Å². The number of carbonyl (C=O) groups is 4. The number of amides is 3. The number of hydrazine groups is 2. The van der Waals surface area contributed by atoms with Crippen molar-refractivity contribution in [1.82, 2.24) is 16.3 Å². The SMILES string of the molecule is NNC(=O)c1ccccc1.[C-]#[N+]c1ccc(NC(C(=O)NNC(=O)c2ccccc2)C(O)c2ccccc2)c(C)c1Cl.[C-]#[N+]c1ccc(NC(C(=O)O)C(O)c2ccccc2)c(C)c1Cl. The predicted molar refractivity (Wildman–Crippen MR) is 250 cm³/mol. The maximum atomic E-state index is 13.0. The Morgan fingerprint density at radius 1 is 0.554 bits per heavy atom. The number of carboxylic acid groups (broad SMARTS) is 1. The summed E-state index contributed by atoms with van der Waals surface area (Å²) in [5, 5.41) is 37.0. The Morgan fingerprint density at radius 2 is 0.923 bits per heavy atom. The minimum absolute atomic E-state index is 0.260. The van der Waals surface area contributed by atoms with Gasteiger partial charge in [-0.05, 0) is 72.5 Å². The summed E-state index contributed by atoms with van der Waals surface area (Å²) in [6, 6.07) is 38.3. The van der Waals surface area contributed by atoms with Crippen molar-refractivity contribution in [1.29, 1.82) is 0 Å². The average molecular weight is 916 g/mol. The van der Waals surface area contributed by atoms with Crippen LogP contribution in [0.3, 0.4) is 0 Å². The number of carbonyl (C=O) groups excluding carboxylic acids is 3. The second-order valence-electron chi connectivity index (χ2n) is 13.8. The van der Waals surface area contributed by atoms with E-state index >= 15 is 0 Å². The quantitative estimate of drug-likeness (QED) is 0.0247. The summed E-state index contributed by atoms with van der Waals surface area (Å²) in [6.45, 7) is 17.6. The maximum Gasteiger partial charge on any atom is 0.329 e. The zero-order valence-corrected chi connectivity index (χ0v) is 36.4. The highest BCUT2D eigenvalue weighted by molar-refractivity contribution is 6.35. The van der Waals surface area contributed by atoms with Crippen molar-refractivity contribution in [2.75, 3.05) is 10.6 Å². The lowest BCUT2D eigenvalue weighted by Gasteiger charge is -2.26. The number of aliphatic hydroxyl groups excluding tert-OH is 2. The second-order valence-corrected chi connectivity index (χ2v) is 14.6. The number of hydrogen-bond donors (Lipinski definition) is 9. The molecule has 3 amide bonds. The molecule has 332 valence electrons. The van der Waals surface area contributed by atoms with Crippen molar-refractivity contribution in [3.63, 3.8) is 0 Å². The predicted octanol–water partition coefficient (Wildman–Crippen LogP) is 8.26. The standard InChI is InChI=1S/C24H21ClN4O3.C17H15ClN2O3.C7H8N2O/c1-15-18(13-14-19(26-2)20(15)25)27-21(22(30)16-9-5-3-6-10-16)24(32)29-28-23(31)17-11-7-4-8-12-17;1-10-12(8-9-13(19-2)14(10)18)20-15(17(22)23)16(21)11-6-4-3-5-7-11;8-9-7(10)6-4-2-1-3-5-6/h3-14,21-22,27,30H,1H3,(H,28,31)(H,29,32);3-9,15-16,20-21H,1H3,(H,22,23);1-5H,8H2,(H,9,10). The van der Waals surface area contributed by atoms with Gasteiger partial charge in [0.2, 0.25) is 11.4 Å². The molecule has 0 aliphatic carbocycles. The van der Waals surface area contributed by atoms with Gasteiger partial charge < -0.3 is 26.0 Å². The van der Waals surface area contributed by atoms with Gasteiger partial charge in [0, 0.05) is 22.5 Å². The molecule has 0 fully saturated rings. The molecule has 10 N–H and O–H groups in total. The minimum atomic E-state index is -1.24. The highest BCUT2D eigenvalue weighted by Gasteiger charge is 2.30. The number of aliphatic hydroxyl groups is 2. The van der Waals surface area contributed by atoms with E-state index in [0.717, 1.165) is 0 Å². The molecule has 17 heteroatoms. The molecule has 0 aliphatic heterocycles. The summed E-state index contributed by atoms with van der Waals surface area (Å²) in [6.07, 6.45) is -2.46. The molecular weight excluding hydrogens is 871 g/mol. The molecule has 6 aromatic rings. The number of anilines is 2. The first-order valence-electron chi connectivity index (χ1n) is 19.5. The Hall–Kier alpha value is -7.76. The van der Waals surface area contributed by atoms with Crippen LogP contribution in [0.15, 0.2) is 146 Å². The van der Waals surface area contributed by atoms with Crippen molar-refractivity contribution in [3.05, 3.63) is 212 Å². The van der Waals surface area contributed by atoms with E-state index in [1.54, 1.807) is 141 Å². The monoisotopic (exact) mass is 914 g/mol. The third-order valence-electron chi connectivity index (χ3n) is 9.56. The fourth-order valence-electron chi connectivity index (χ4n) is 5.94. The molecule has 0 spiro atoms. The number of nitrogen functional groups attached to an aromatic ring is 1. The Labute approximate surface area is 385 Å². The maximum absolute atomic E-state index is 13.0. The third kappa shape index (κ3) is 13.9. The van der Waals surface area contributed by atoms with E-state index in [-0.39, 0.29) is 21.6 Å². The number of rotatable bonds is 12. The fourth-order valence-corrected chi connectivity index (χ4v) is 6.36. The fraction of sp³-hybridized carbons (Fsp3) is 0.125. The van der Waals surface area contributed by atoms with Crippen molar-refractivity contribution < 1.29 is 34.5 Å². The zero-order valence-electron chi connectivity index (χ0n) is 34.9. The van der Waals surface area contributed by atoms with Crippen LogP contribution < -0.4 is 32.8 Å². The van der Waals surface area contributed by atoms with Crippen LogP contribution in [0.1, 0.15) is 55.2 Å². The molecule has 0 aromatic heterocycles. The summed E-state index contributed by atoms with van der Waals surface area (Å²) in [5.41, 5.74) is 11.4. The number of nitrogens with one attached hydrogen (secondary N) is 5. The van der Waals surface area contributed by atoms with Crippen LogP contribution in [0.25, 0.3) is 9.69 Å². The van der Waals surface area contributed by atoms with Crippen molar-refractivity contribution in [2.45, 2.75) is 38.1 Å². The molecule has 65 heavy (non-hydrogen) atoms. The summed E-state index contributed by atoms with van der Waals surface area (Å²) in [7, 11) is 0. The molecule has 15 nitrogen and oxygen atoms in total. The Morgan fingerprint density at radius 3 is 1.31 bits per heavy atom. The molecule has 0 radical (unpaired) electrons. The summed E-state index contributed by atoms with van der Waals surface area (Å²) >= 11 is 12.3. The van der Waals surface area contributed by atoms with Crippen LogP contribution in [-0.4, -0.2) is 51.1 Å². The van der Waals surface area contributed by atoms with Gasteiger partial charge in [0.1, 0.15) is 18.2 Å². The van der Waals surface area contributed by atoms with Crippen LogP contribution in [0.4, 0.5) is 22.7 Å². The Kier molecular flexibility index (Phi) is 19.0. The molecule has 0 saturated heterocycles. The summed E-state index contributed by atoms with van der Waals surface area (Å²) in [4.78, 5) is 54.2. The number of aliphatic carboxylic acids is 1. The number of hydrogen-bond acceptors (Lipinski definition) is 9. The third-order valence-corrected chi connectivity index (χ3v) is 10.5. The van der Waals surface area contributed by atoms with Gasteiger partial charge >= 0.3 is 5.97 Å². The van der Waals surface area contributed by atoms with Crippen LogP contribution in [0, 0.1) is 27.0 Å². The first-order chi connectivity index (χ1) is 31.2. The van der Waals surface area contributed by atoms with Crippen LogP contribution in [-0.2, 0) is 9.59 Å². The van der Waals surface area contributed by atoms with E-state index < -0.39 is 42.1 Å². The number of halogens is 2. The van der Waals surface area contributed by atoms with Gasteiger partial charge in [0.25, 0.3) is 17.7 Å². The first kappa shape index (κ1) is 49.9. The molecule has 0 saturated carbocycles. The van der Waals surface area contributed by atoms with Crippen molar-refractivity contribution in [2.24, 2.45) is 5.84 Å². The lowest BCUT2D eigenvalue weighted by Crippen LogP contribution is -2.50. The molecule has 6 rings (SSSR count). The van der Waals surface area contributed by atoms with E-state index in [2.05, 4.69) is 31.2 Å². The molecule has 0 bridgehead atoms. The molecular formula is C48H44Cl2N8O7. The Bertz CT molecular complexity index is 2650. The molecule has 0 aliphatic rings. The Balaban J connectivity index is 0.000000243. The first-order valence-corrected chi connectivity index (χ1v) is 20.2. The lowest BCUT2D eigenvalue weighted by atomic mass is 10.0. The van der Waals surface area contributed by atoms with Gasteiger partial charge in [-0.25, -0.2) is 20.3 Å². The normalized spacial score (nSPS) is 12.0. The number of carboxylic acids is 1. The van der Waals surface area contributed by atoms with Gasteiger partial charge in [-0.1, -0.05) is 132 Å². The van der Waals surface area contributed by atoms with E-state index in [9.17, 15) is 34.5 Å². The van der Waals surface area contributed by atoms with Crippen molar-refractivity contribution in [3.8, 4) is 0 Å². The molecule has 4 unspecified atom stereocenters. The summed E-state index contributed by atoms with van der Waals surface area (Å²) in [5.74, 6) is 2.30. The van der Waals surface area contributed by atoms with E-state index in [0.29, 0.717) is 50.4 Å².